The second kappa shape index (κ2) is 18.5. The van der Waals surface area contributed by atoms with Crippen LogP contribution in [-0.2, 0) is 23.9 Å². The maximum absolute atomic E-state index is 14.2. The number of ether oxygens (including phenoxy) is 2. The van der Waals surface area contributed by atoms with Gasteiger partial charge >= 0.3 is 6.09 Å². The Bertz CT molecular complexity index is 2640. The number of nitrogens with one attached hydrogen (secondary N) is 4. The highest BCUT2D eigenvalue weighted by atomic mass is 16.5. The Kier molecular flexibility index (Phi) is 12.3. The minimum Gasteiger partial charge on any atom is -0.453 e. The third-order valence-corrected chi connectivity index (χ3v) is 12.9. The van der Waals surface area contributed by atoms with E-state index >= 15 is 0 Å². The molecule has 64 heavy (non-hydrogen) atoms. The van der Waals surface area contributed by atoms with E-state index in [0.29, 0.717) is 26.1 Å². The predicted molar refractivity (Wildman–Crippen MR) is 242 cm³/mol. The number of rotatable bonds is 12. The van der Waals surface area contributed by atoms with Crippen molar-refractivity contribution >= 4 is 34.6 Å². The number of methoxy groups -OCH3 is 1. The standard InChI is InChI=1S/C50H54N8O6/c1-30(2)43(56-50(62)63-3)48(60)57-23-7-12-40(57)46-52-29-39(54-46)37-22-21-35-26-34(19-20-36(35)27-37)31-15-17-32(18-16-31)38-28-51-45(53-38)41-13-8-24-58(41)49(61)44(33-10-5-4-6-11-33)55-47(59)42-14-9-25-64-42/h4-6,10-11,15-22,26-30,40-44H,7-9,12-14,23-25H2,1-3H3,(H,51,53)(H,52,54)(H,55,59)(H,56,62)/t40-,41-,42?,43-,44+/m0/s1. The van der Waals surface area contributed by atoms with Crippen LogP contribution in [-0.4, -0.2) is 92.5 Å². The number of amides is 4. The van der Waals surface area contributed by atoms with Gasteiger partial charge in [-0.2, -0.15) is 0 Å². The third kappa shape index (κ3) is 8.74. The first-order chi connectivity index (χ1) is 31.1. The number of aromatic amines is 2. The van der Waals surface area contributed by atoms with Crippen LogP contribution in [0.2, 0.25) is 0 Å². The summed E-state index contributed by atoms with van der Waals surface area (Å²) in [5.74, 6) is 0.799. The van der Waals surface area contributed by atoms with Crippen molar-refractivity contribution in [1.82, 2.24) is 40.4 Å². The minimum atomic E-state index is -0.821. The van der Waals surface area contributed by atoms with Gasteiger partial charge in [-0.25, -0.2) is 14.8 Å². The molecule has 6 aromatic rings. The second-order valence-corrected chi connectivity index (χ2v) is 17.3. The Morgan fingerprint density at radius 3 is 1.88 bits per heavy atom. The number of hydrogen-bond donors (Lipinski definition) is 4. The van der Waals surface area contributed by atoms with E-state index in [1.165, 1.54) is 7.11 Å². The van der Waals surface area contributed by atoms with Crippen molar-refractivity contribution < 1.29 is 28.7 Å². The number of carbonyl (C=O) groups excluding carboxylic acids is 4. The highest BCUT2D eigenvalue weighted by Gasteiger charge is 2.39. The van der Waals surface area contributed by atoms with E-state index < -0.39 is 24.3 Å². The maximum Gasteiger partial charge on any atom is 0.407 e. The van der Waals surface area contributed by atoms with E-state index in [1.807, 2.05) is 66.4 Å². The van der Waals surface area contributed by atoms with E-state index in [1.54, 1.807) is 0 Å². The van der Waals surface area contributed by atoms with Crippen LogP contribution in [0.3, 0.4) is 0 Å². The second-order valence-electron chi connectivity index (χ2n) is 17.3. The molecular weight excluding hydrogens is 809 g/mol. The van der Waals surface area contributed by atoms with Crippen LogP contribution < -0.4 is 10.6 Å². The lowest BCUT2D eigenvalue weighted by Crippen LogP contribution is -2.51. The maximum atomic E-state index is 14.2. The molecule has 14 heteroatoms. The molecule has 3 fully saturated rings. The van der Waals surface area contributed by atoms with Gasteiger partial charge in [0.05, 0.1) is 43.0 Å². The van der Waals surface area contributed by atoms with Crippen LogP contribution in [0.4, 0.5) is 4.79 Å². The third-order valence-electron chi connectivity index (χ3n) is 12.9. The van der Waals surface area contributed by atoms with Crippen molar-refractivity contribution in [1.29, 1.82) is 0 Å². The molecule has 14 nitrogen and oxygen atoms in total. The molecule has 3 saturated heterocycles. The molecule has 9 rings (SSSR count). The van der Waals surface area contributed by atoms with Gasteiger partial charge in [-0.15, -0.1) is 0 Å². The summed E-state index contributed by atoms with van der Waals surface area (Å²) in [6.45, 7) is 5.53. The lowest BCUT2D eigenvalue weighted by molar-refractivity contribution is -0.140. The Balaban J connectivity index is 0.867. The van der Waals surface area contributed by atoms with E-state index in [0.717, 1.165) is 93.7 Å². The number of imidazole rings is 2. The van der Waals surface area contributed by atoms with Gasteiger partial charge in [0.1, 0.15) is 29.8 Å². The van der Waals surface area contributed by atoms with Crippen LogP contribution in [0, 0.1) is 5.92 Å². The molecule has 0 bridgehead atoms. The molecule has 3 aliphatic rings. The predicted octanol–water partition coefficient (Wildman–Crippen LogP) is 8.03. The Hall–Kier alpha value is -6.80. The number of nitrogens with zero attached hydrogens (tertiary/aromatic N) is 4. The summed E-state index contributed by atoms with van der Waals surface area (Å²) in [4.78, 5) is 73.2. The fourth-order valence-electron chi connectivity index (χ4n) is 9.37. The summed E-state index contributed by atoms with van der Waals surface area (Å²) in [6, 6.07) is 28.6. The fraction of sp³-hybridized carbons (Fsp3) is 0.360. The van der Waals surface area contributed by atoms with Gasteiger partial charge in [0.25, 0.3) is 0 Å². The van der Waals surface area contributed by atoms with Gasteiger partial charge in [0.15, 0.2) is 0 Å². The van der Waals surface area contributed by atoms with Crippen molar-refractivity contribution in [2.45, 2.75) is 82.6 Å². The summed E-state index contributed by atoms with van der Waals surface area (Å²) >= 11 is 0. The highest BCUT2D eigenvalue weighted by molar-refractivity contribution is 5.92. The molecule has 5 atom stereocenters. The quantitative estimate of drug-likeness (QED) is 0.0957. The van der Waals surface area contributed by atoms with Crippen LogP contribution >= 0.6 is 0 Å². The van der Waals surface area contributed by atoms with Gasteiger partial charge in [0, 0.05) is 25.3 Å². The number of aromatic nitrogens is 4. The molecule has 0 saturated carbocycles. The van der Waals surface area contributed by atoms with Crippen LogP contribution in [0.25, 0.3) is 44.4 Å². The molecule has 0 radical (unpaired) electrons. The normalized spacial score (nSPS) is 19.5. The first kappa shape index (κ1) is 42.5. The van der Waals surface area contributed by atoms with E-state index in [4.69, 9.17) is 19.4 Å². The molecule has 4 amide bonds. The molecule has 4 aromatic carbocycles. The zero-order chi connectivity index (χ0) is 44.3. The van der Waals surface area contributed by atoms with Crippen LogP contribution in [0.15, 0.2) is 103 Å². The molecular formula is C50H54N8O6. The summed E-state index contributed by atoms with van der Waals surface area (Å²) in [6.07, 6.45) is 7.20. The minimum absolute atomic E-state index is 0.108. The van der Waals surface area contributed by atoms with Crippen LogP contribution in [0.1, 0.15) is 87.7 Å². The Morgan fingerprint density at radius 1 is 0.688 bits per heavy atom. The fourth-order valence-corrected chi connectivity index (χ4v) is 9.37. The lowest BCUT2D eigenvalue weighted by Gasteiger charge is -2.30. The van der Waals surface area contributed by atoms with Gasteiger partial charge in [-0.3, -0.25) is 14.4 Å². The molecule has 2 aromatic heterocycles. The number of carbonyl (C=O) groups is 4. The van der Waals surface area contributed by atoms with Crippen LogP contribution in [0.5, 0.6) is 0 Å². The molecule has 0 aliphatic carbocycles. The highest BCUT2D eigenvalue weighted by Crippen LogP contribution is 2.36. The van der Waals surface area contributed by atoms with Crippen molar-refractivity contribution in [2.75, 3.05) is 26.8 Å². The molecule has 330 valence electrons. The first-order valence-corrected chi connectivity index (χ1v) is 22.3. The molecule has 3 aliphatic heterocycles. The molecule has 0 spiro atoms. The van der Waals surface area contributed by atoms with E-state index in [9.17, 15) is 19.2 Å². The smallest absolute Gasteiger partial charge is 0.407 e. The van der Waals surface area contributed by atoms with Crippen molar-refractivity contribution in [3.8, 4) is 33.6 Å². The molecule has 1 unspecified atom stereocenters. The average molecular weight is 863 g/mol. The van der Waals surface area contributed by atoms with Gasteiger partial charge in [-0.05, 0) is 89.6 Å². The van der Waals surface area contributed by atoms with Crippen molar-refractivity contribution in [2.24, 2.45) is 5.92 Å². The largest absolute Gasteiger partial charge is 0.453 e. The first-order valence-electron chi connectivity index (χ1n) is 22.3. The van der Waals surface area contributed by atoms with Crippen molar-refractivity contribution in [3.63, 3.8) is 0 Å². The number of benzene rings is 4. The summed E-state index contributed by atoms with van der Waals surface area (Å²) in [5.41, 5.74) is 6.61. The molecule has 5 heterocycles. The van der Waals surface area contributed by atoms with E-state index in [-0.39, 0.29) is 35.7 Å². The SMILES string of the molecule is COC(=O)N[C@H](C(=O)N1CCC[C@H]1c1ncc(-c2ccc3cc(-c4ccc(-c5cnc([C@@H]6CCCN6C(=O)[C@H](NC(=O)C6CCCO6)c6ccccc6)[nH]5)cc4)ccc3c2)[nH]1)C(C)C. The number of alkyl carbamates (subject to hydrolysis) is 1. The average Bonchev–Trinajstić information content (AvgIpc) is 4.19. The van der Waals surface area contributed by atoms with Gasteiger partial charge < -0.3 is 39.9 Å². The number of fused-ring (bicyclic) bond motifs is 1. The molecule has 4 N–H and O–H groups in total. The summed E-state index contributed by atoms with van der Waals surface area (Å²) in [7, 11) is 1.29. The summed E-state index contributed by atoms with van der Waals surface area (Å²) in [5, 5.41) is 7.90. The van der Waals surface area contributed by atoms with E-state index in [2.05, 4.69) is 81.3 Å². The zero-order valence-electron chi connectivity index (χ0n) is 36.4. The monoisotopic (exact) mass is 862 g/mol. The topological polar surface area (TPSA) is 175 Å². The Labute approximate surface area is 372 Å². The zero-order valence-corrected chi connectivity index (χ0v) is 36.4. The summed E-state index contributed by atoms with van der Waals surface area (Å²) < 4.78 is 10.4. The van der Waals surface area contributed by atoms with Gasteiger partial charge in [0.2, 0.25) is 17.7 Å². The Morgan fingerprint density at radius 2 is 1.27 bits per heavy atom. The number of H-pyrrole nitrogens is 2. The number of hydrogen-bond acceptors (Lipinski definition) is 8. The lowest BCUT2D eigenvalue weighted by atomic mass is 9.98. The number of likely N-dealkylation sites (tertiary alicyclic amines) is 2. The van der Waals surface area contributed by atoms with Gasteiger partial charge in [-0.1, -0.05) is 92.7 Å². The van der Waals surface area contributed by atoms with Crippen molar-refractivity contribution in [3.05, 3.63) is 121 Å².